The van der Waals surface area contributed by atoms with E-state index >= 15 is 0 Å². The van der Waals surface area contributed by atoms with E-state index in [-0.39, 0.29) is 11.6 Å². The highest BCUT2D eigenvalue weighted by Crippen LogP contribution is 2.42. The Hall–Kier alpha value is -4.30. The van der Waals surface area contributed by atoms with E-state index in [0.29, 0.717) is 43.2 Å². The van der Waals surface area contributed by atoms with Gasteiger partial charge in [-0.25, -0.2) is 4.99 Å². The standard InChI is InChI=1S/C36H28Cl2N2O4S/c1-42-30-15-12-23(18-31(30)43-2)34-28-14-11-22-7-3-4-9-27(22)33(28)39-36-40(34)35(41)32(45-36)17-21-6-5-8-26(16-21)44-20-24-10-13-25(37)19-29(24)38/h3-10,12-13,15-19,34H,11,14,20H2,1-2H3/b32-17+/t34-/m0/s1. The fourth-order valence-electron chi connectivity index (χ4n) is 5.99. The first-order chi connectivity index (χ1) is 21.9. The Morgan fingerprint density at radius 3 is 2.60 bits per heavy atom. The van der Waals surface area contributed by atoms with Gasteiger partial charge in [-0.15, -0.1) is 0 Å². The fourth-order valence-corrected chi connectivity index (χ4v) is 7.45. The molecule has 226 valence electrons. The van der Waals surface area contributed by atoms with Gasteiger partial charge in [-0.3, -0.25) is 9.36 Å². The zero-order valence-electron chi connectivity index (χ0n) is 24.6. The number of hydrogen-bond donors (Lipinski definition) is 0. The lowest BCUT2D eigenvalue weighted by molar-refractivity contribution is 0.306. The molecule has 5 aromatic rings. The monoisotopic (exact) mass is 654 g/mol. The quantitative estimate of drug-likeness (QED) is 0.186. The average Bonchev–Trinajstić information content (AvgIpc) is 3.36. The van der Waals surface area contributed by atoms with E-state index in [0.717, 1.165) is 46.4 Å². The maximum Gasteiger partial charge on any atom is 0.271 e. The molecule has 0 unspecified atom stereocenters. The van der Waals surface area contributed by atoms with Gasteiger partial charge in [0.2, 0.25) is 0 Å². The summed E-state index contributed by atoms with van der Waals surface area (Å²) in [4.78, 5) is 20.0. The Kier molecular flexibility index (Phi) is 8.00. The topological polar surface area (TPSA) is 62.0 Å². The molecule has 0 saturated heterocycles. The van der Waals surface area contributed by atoms with Crippen molar-refractivity contribution in [2.75, 3.05) is 14.2 Å². The minimum absolute atomic E-state index is 0.0942. The first-order valence-electron chi connectivity index (χ1n) is 14.5. The predicted molar refractivity (Wildman–Crippen MR) is 180 cm³/mol. The number of methoxy groups -OCH3 is 2. The van der Waals surface area contributed by atoms with E-state index in [2.05, 4.69) is 18.2 Å². The summed E-state index contributed by atoms with van der Waals surface area (Å²) in [6, 6.07) is 26.9. The molecule has 4 aromatic carbocycles. The van der Waals surface area contributed by atoms with Crippen LogP contribution in [-0.2, 0) is 13.0 Å². The van der Waals surface area contributed by atoms with Crippen molar-refractivity contribution in [2.45, 2.75) is 25.5 Å². The number of benzene rings is 4. The highest BCUT2D eigenvalue weighted by Gasteiger charge is 2.33. The Morgan fingerprint density at radius 1 is 0.933 bits per heavy atom. The Bertz CT molecular complexity index is 2170. The van der Waals surface area contributed by atoms with Gasteiger partial charge in [0.1, 0.15) is 12.4 Å². The van der Waals surface area contributed by atoms with Crippen LogP contribution in [-0.4, -0.2) is 18.8 Å². The zero-order chi connectivity index (χ0) is 31.1. The molecule has 2 aliphatic rings. The van der Waals surface area contributed by atoms with Gasteiger partial charge in [-0.1, -0.05) is 83.1 Å². The van der Waals surface area contributed by atoms with Crippen molar-refractivity contribution in [1.82, 2.24) is 4.57 Å². The third-order valence-corrected chi connectivity index (χ3v) is 9.73. The first-order valence-corrected chi connectivity index (χ1v) is 16.0. The van der Waals surface area contributed by atoms with Crippen molar-refractivity contribution in [3.05, 3.63) is 148 Å². The van der Waals surface area contributed by atoms with Crippen LogP contribution in [0.15, 0.2) is 100 Å². The summed E-state index contributed by atoms with van der Waals surface area (Å²) in [6.07, 6.45) is 3.58. The van der Waals surface area contributed by atoms with Crippen LogP contribution in [0.1, 0.15) is 40.3 Å². The van der Waals surface area contributed by atoms with Crippen LogP contribution >= 0.6 is 34.5 Å². The summed E-state index contributed by atoms with van der Waals surface area (Å²) >= 11 is 13.8. The van der Waals surface area contributed by atoms with Crippen LogP contribution < -0.4 is 29.1 Å². The zero-order valence-corrected chi connectivity index (χ0v) is 26.9. The molecule has 0 spiro atoms. The van der Waals surface area contributed by atoms with Gasteiger partial charge < -0.3 is 14.2 Å². The first kappa shape index (κ1) is 29.4. The second kappa shape index (κ2) is 12.2. The van der Waals surface area contributed by atoms with E-state index in [1.165, 1.54) is 16.9 Å². The SMILES string of the molecule is COc1ccc([C@H]2C3=C(N=c4s/c(=C/c5cccc(OCc6ccc(Cl)cc6Cl)c5)c(=O)n42)c2ccccc2CC3)cc1OC. The molecule has 1 aliphatic heterocycles. The van der Waals surface area contributed by atoms with Crippen molar-refractivity contribution in [3.63, 3.8) is 0 Å². The normalized spacial score (nSPS) is 15.6. The molecule has 0 N–H and O–H groups in total. The molecule has 1 atom stereocenters. The molecule has 1 aliphatic carbocycles. The van der Waals surface area contributed by atoms with Gasteiger partial charge in [-0.2, -0.15) is 0 Å². The number of rotatable bonds is 7. The number of aryl methyl sites for hydroxylation is 1. The molecule has 7 rings (SSSR count). The van der Waals surface area contributed by atoms with Gasteiger partial charge in [0.05, 0.1) is 30.5 Å². The summed E-state index contributed by atoms with van der Waals surface area (Å²) in [5.74, 6) is 1.92. The maximum absolute atomic E-state index is 14.2. The molecule has 6 nitrogen and oxygen atoms in total. The number of fused-ring (bicyclic) bond motifs is 3. The summed E-state index contributed by atoms with van der Waals surface area (Å²) in [7, 11) is 3.24. The highest BCUT2D eigenvalue weighted by molar-refractivity contribution is 7.07. The van der Waals surface area contributed by atoms with Crippen molar-refractivity contribution in [2.24, 2.45) is 4.99 Å². The lowest BCUT2D eigenvalue weighted by Gasteiger charge is -2.31. The van der Waals surface area contributed by atoms with Gasteiger partial charge in [-0.05, 0) is 77.6 Å². The number of allylic oxidation sites excluding steroid dienone is 1. The van der Waals surface area contributed by atoms with Gasteiger partial charge in [0.15, 0.2) is 16.3 Å². The molecule has 0 amide bonds. The van der Waals surface area contributed by atoms with Gasteiger partial charge >= 0.3 is 0 Å². The van der Waals surface area contributed by atoms with E-state index < -0.39 is 0 Å². The number of aromatic nitrogens is 1. The third-order valence-electron chi connectivity index (χ3n) is 8.16. The average molecular weight is 656 g/mol. The minimum atomic E-state index is -0.328. The lowest BCUT2D eigenvalue weighted by Crippen LogP contribution is -2.38. The molecular formula is C36H28Cl2N2O4S. The third kappa shape index (κ3) is 5.56. The largest absolute Gasteiger partial charge is 0.493 e. The molecule has 0 saturated carbocycles. The van der Waals surface area contributed by atoms with Gasteiger partial charge in [0, 0.05) is 21.2 Å². The number of thiazole rings is 1. The Morgan fingerprint density at radius 2 is 1.78 bits per heavy atom. The molecule has 0 radical (unpaired) electrons. The maximum atomic E-state index is 14.2. The number of ether oxygens (including phenoxy) is 3. The number of hydrogen-bond acceptors (Lipinski definition) is 6. The highest BCUT2D eigenvalue weighted by atomic mass is 35.5. The summed E-state index contributed by atoms with van der Waals surface area (Å²) in [5, 5.41) is 1.12. The smallest absolute Gasteiger partial charge is 0.271 e. The van der Waals surface area contributed by atoms with E-state index in [4.69, 9.17) is 42.4 Å². The Balaban J connectivity index is 1.32. The van der Waals surface area contributed by atoms with Crippen LogP contribution in [0.4, 0.5) is 0 Å². The van der Waals surface area contributed by atoms with Crippen molar-refractivity contribution in [1.29, 1.82) is 0 Å². The summed E-state index contributed by atoms with van der Waals surface area (Å²) in [6.45, 7) is 0.292. The predicted octanol–water partition coefficient (Wildman–Crippen LogP) is 7.22. The Labute approximate surface area is 274 Å². The van der Waals surface area contributed by atoms with Crippen LogP contribution in [0, 0.1) is 0 Å². The fraction of sp³-hybridized carbons (Fsp3) is 0.167. The van der Waals surface area contributed by atoms with E-state index in [9.17, 15) is 4.79 Å². The summed E-state index contributed by atoms with van der Waals surface area (Å²) in [5.41, 5.74) is 6.98. The number of halogens is 2. The van der Waals surface area contributed by atoms with Crippen molar-refractivity contribution in [3.8, 4) is 17.2 Å². The second-order valence-corrected chi connectivity index (χ2v) is 12.7. The van der Waals surface area contributed by atoms with E-state index in [1.54, 1.807) is 26.4 Å². The molecular weight excluding hydrogens is 627 g/mol. The molecule has 9 heteroatoms. The molecule has 45 heavy (non-hydrogen) atoms. The van der Waals surface area contributed by atoms with Crippen LogP contribution in [0.25, 0.3) is 11.8 Å². The lowest BCUT2D eigenvalue weighted by atomic mass is 9.83. The minimum Gasteiger partial charge on any atom is -0.493 e. The van der Waals surface area contributed by atoms with Crippen molar-refractivity contribution >= 4 is 46.3 Å². The second-order valence-electron chi connectivity index (χ2n) is 10.8. The molecule has 2 heterocycles. The molecule has 1 aromatic heterocycles. The van der Waals surface area contributed by atoms with Crippen LogP contribution in [0.2, 0.25) is 10.0 Å². The van der Waals surface area contributed by atoms with Crippen LogP contribution in [0.3, 0.4) is 0 Å². The van der Waals surface area contributed by atoms with E-state index in [1.807, 2.05) is 65.2 Å². The molecule has 0 bridgehead atoms. The van der Waals surface area contributed by atoms with Crippen LogP contribution in [0.5, 0.6) is 17.2 Å². The van der Waals surface area contributed by atoms with Gasteiger partial charge in [0.25, 0.3) is 5.56 Å². The number of nitrogens with zero attached hydrogens (tertiary/aromatic N) is 2. The summed E-state index contributed by atoms with van der Waals surface area (Å²) < 4.78 is 19.6. The molecule has 0 fully saturated rings. The van der Waals surface area contributed by atoms with Crippen molar-refractivity contribution < 1.29 is 14.2 Å².